The van der Waals surface area contributed by atoms with Crippen LogP contribution < -0.4 is 15.0 Å². The largest absolute Gasteiger partial charge is 0.478 e. The Hall–Kier alpha value is -3.15. The predicted molar refractivity (Wildman–Crippen MR) is 106 cm³/mol. The van der Waals surface area contributed by atoms with Gasteiger partial charge in [-0.1, -0.05) is 30.3 Å². The van der Waals surface area contributed by atoms with Crippen molar-refractivity contribution < 1.29 is 9.53 Å². The third-order valence-corrected chi connectivity index (χ3v) is 4.85. The monoisotopic (exact) mass is 362 g/mol. The SMILES string of the molecule is COc1nc2ccccc2nc1N1CCC[C@@H](C(=O)Nc2ccccc2)C1. The van der Waals surface area contributed by atoms with Crippen molar-refractivity contribution in [3.63, 3.8) is 0 Å². The van der Waals surface area contributed by atoms with Gasteiger partial charge in [0.05, 0.1) is 24.1 Å². The van der Waals surface area contributed by atoms with Gasteiger partial charge in [-0.2, -0.15) is 0 Å². The van der Waals surface area contributed by atoms with E-state index < -0.39 is 0 Å². The van der Waals surface area contributed by atoms with Gasteiger partial charge in [0.25, 0.3) is 5.88 Å². The number of aromatic nitrogens is 2. The van der Waals surface area contributed by atoms with Crippen molar-refractivity contribution in [2.45, 2.75) is 12.8 Å². The standard InChI is InChI=1S/C21H22N4O2/c1-27-21-19(23-17-11-5-6-12-18(17)24-21)25-13-7-8-15(14-25)20(26)22-16-9-3-2-4-10-16/h2-6,9-12,15H,7-8,13-14H2,1H3,(H,22,26)/t15-/m1/s1. The quantitative estimate of drug-likeness (QED) is 0.769. The van der Waals surface area contributed by atoms with E-state index in [0.29, 0.717) is 18.2 Å². The highest BCUT2D eigenvalue weighted by Gasteiger charge is 2.28. The van der Waals surface area contributed by atoms with E-state index in [2.05, 4.69) is 15.2 Å². The average Bonchev–Trinajstić information content (AvgIpc) is 2.73. The molecule has 1 atom stereocenters. The summed E-state index contributed by atoms with van der Waals surface area (Å²) < 4.78 is 5.48. The second-order valence-corrected chi connectivity index (χ2v) is 6.69. The summed E-state index contributed by atoms with van der Waals surface area (Å²) in [6.07, 6.45) is 1.78. The number of para-hydroxylation sites is 3. The Morgan fingerprint density at radius 2 is 1.78 bits per heavy atom. The molecule has 2 heterocycles. The van der Waals surface area contributed by atoms with E-state index in [0.717, 1.165) is 36.1 Å². The molecule has 0 unspecified atom stereocenters. The van der Waals surface area contributed by atoms with Gasteiger partial charge in [0.2, 0.25) is 5.91 Å². The highest BCUT2D eigenvalue weighted by molar-refractivity contribution is 5.93. The van der Waals surface area contributed by atoms with Gasteiger partial charge in [0.1, 0.15) is 0 Å². The van der Waals surface area contributed by atoms with E-state index in [1.165, 1.54) is 0 Å². The van der Waals surface area contributed by atoms with Gasteiger partial charge in [0.15, 0.2) is 5.82 Å². The van der Waals surface area contributed by atoms with Crippen molar-refractivity contribution in [3.8, 4) is 5.88 Å². The van der Waals surface area contributed by atoms with E-state index in [4.69, 9.17) is 9.72 Å². The highest BCUT2D eigenvalue weighted by atomic mass is 16.5. The number of carbonyl (C=O) groups is 1. The fourth-order valence-corrected chi connectivity index (χ4v) is 3.47. The normalized spacial score (nSPS) is 16.9. The minimum Gasteiger partial charge on any atom is -0.478 e. The highest BCUT2D eigenvalue weighted by Crippen LogP contribution is 2.30. The van der Waals surface area contributed by atoms with Crippen LogP contribution in [0.2, 0.25) is 0 Å². The summed E-state index contributed by atoms with van der Waals surface area (Å²) in [7, 11) is 1.60. The van der Waals surface area contributed by atoms with Crippen LogP contribution in [0.3, 0.4) is 0 Å². The zero-order valence-corrected chi connectivity index (χ0v) is 15.3. The molecule has 138 valence electrons. The number of rotatable bonds is 4. The summed E-state index contributed by atoms with van der Waals surface area (Å²) in [4.78, 5) is 24.1. The first-order valence-electron chi connectivity index (χ1n) is 9.16. The number of nitrogens with one attached hydrogen (secondary N) is 1. The average molecular weight is 362 g/mol. The van der Waals surface area contributed by atoms with Crippen LogP contribution in [0.15, 0.2) is 54.6 Å². The Kier molecular flexibility index (Phi) is 4.87. The number of carbonyl (C=O) groups excluding carboxylic acids is 1. The smallest absolute Gasteiger partial charge is 0.257 e. The molecule has 1 N–H and O–H groups in total. The van der Waals surface area contributed by atoms with Crippen LogP contribution in [0.5, 0.6) is 5.88 Å². The Labute approximate surface area is 158 Å². The third-order valence-electron chi connectivity index (χ3n) is 4.85. The van der Waals surface area contributed by atoms with Crippen LogP contribution in [0.25, 0.3) is 11.0 Å². The fraction of sp³-hybridized carbons (Fsp3) is 0.286. The topological polar surface area (TPSA) is 67.4 Å². The zero-order valence-electron chi connectivity index (χ0n) is 15.3. The van der Waals surface area contributed by atoms with Crippen molar-refractivity contribution in [3.05, 3.63) is 54.6 Å². The summed E-state index contributed by atoms with van der Waals surface area (Å²) in [5.41, 5.74) is 2.44. The molecule has 1 aromatic heterocycles. The summed E-state index contributed by atoms with van der Waals surface area (Å²) in [5.74, 6) is 1.14. The maximum absolute atomic E-state index is 12.7. The molecule has 3 aromatic rings. The fourth-order valence-electron chi connectivity index (χ4n) is 3.47. The number of nitrogens with zero attached hydrogens (tertiary/aromatic N) is 3. The summed E-state index contributed by atoms with van der Waals surface area (Å²) in [6.45, 7) is 1.43. The maximum Gasteiger partial charge on any atom is 0.257 e. The van der Waals surface area contributed by atoms with Gasteiger partial charge in [-0.25, -0.2) is 9.97 Å². The molecule has 1 aliphatic rings. The van der Waals surface area contributed by atoms with Gasteiger partial charge < -0.3 is 15.0 Å². The van der Waals surface area contributed by atoms with Crippen LogP contribution in [-0.2, 0) is 4.79 Å². The molecule has 1 fully saturated rings. The number of amides is 1. The lowest BCUT2D eigenvalue weighted by Gasteiger charge is -2.33. The molecule has 1 saturated heterocycles. The number of anilines is 2. The van der Waals surface area contributed by atoms with Crippen LogP contribution in [0, 0.1) is 5.92 Å². The van der Waals surface area contributed by atoms with E-state index >= 15 is 0 Å². The molecule has 6 heteroatoms. The first-order chi connectivity index (χ1) is 13.2. The number of piperidine rings is 1. The lowest BCUT2D eigenvalue weighted by Crippen LogP contribution is -2.41. The van der Waals surface area contributed by atoms with Crippen molar-refractivity contribution >= 4 is 28.4 Å². The van der Waals surface area contributed by atoms with Crippen LogP contribution in [0.4, 0.5) is 11.5 Å². The molecular formula is C21H22N4O2. The van der Waals surface area contributed by atoms with Gasteiger partial charge in [-0.15, -0.1) is 0 Å². The number of hydrogen-bond donors (Lipinski definition) is 1. The van der Waals surface area contributed by atoms with Crippen LogP contribution in [-0.4, -0.2) is 36.1 Å². The molecule has 6 nitrogen and oxygen atoms in total. The molecule has 27 heavy (non-hydrogen) atoms. The van der Waals surface area contributed by atoms with E-state index in [1.807, 2.05) is 54.6 Å². The maximum atomic E-state index is 12.7. The van der Waals surface area contributed by atoms with Gasteiger partial charge >= 0.3 is 0 Å². The Balaban J connectivity index is 1.56. The molecule has 0 bridgehead atoms. The lowest BCUT2D eigenvalue weighted by atomic mass is 9.97. The Morgan fingerprint density at radius 3 is 2.52 bits per heavy atom. The summed E-state index contributed by atoms with van der Waals surface area (Å²) in [6, 6.07) is 17.3. The minimum atomic E-state index is -0.100. The molecule has 0 aliphatic carbocycles. The molecular weight excluding hydrogens is 340 g/mol. The van der Waals surface area contributed by atoms with E-state index in [9.17, 15) is 4.79 Å². The second kappa shape index (κ2) is 7.61. The molecule has 0 radical (unpaired) electrons. The van der Waals surface area contributed by atoms with Gasteiger partial charge in [0, 0.05) is 18.8 Å². The molecule has 0 saturated carbocycles. The molecule has 1 amide bonds. The van der Waals surface area contributed by atoms with E-state index in [-0.39, 0.29) is 11.8 Å². The number of ether oxygens (including phenoxy) is 1. The van der Waals surface area contributed by atoms with Gasteiger partial charge in [-0.3, -0.25) is 4.79 Å². The number of benzene rings is 2. The predicted octanol–water partition coefficient (Wildman–Crippen LogP) is 3.49. The Bertz CT molecular complexity index is 945. The van der Waals surface area contributed by atoms with Crippen LogP contribution in [0.1, 0.15) is 12.8 Å². The van der Waals surface area contributed by atoms with Crippen molar-refractivity contribution in [1.82, 2.24) is 9.97 Å². The lowest BCUT2D eigenvalue weighted by molar-refractivity contribution is -0.120. The third kappa shape index (κ3) is 3.69. The zero-order chi connectivity index (χ0) is 18.6. The molecule has 0 spiro atoms. The van der Waals surface area contributed by atoms with Crippen LogP contribution >= 0.6 is 0 Å². The number of methoxy groups -OCH3 is 1. The van der Waals surface area contributed by atoms with Gasteiger partial charge in [-0.05, 0) is 37.1 Å². The summed E-state index contributed by atoms with van der Waals surface area (Å²) in [5, 5.41) is 3.01. The number of fused-ring (bicyclic) bond motifs is 1. The Morgan fingerprint density at radius 1 is 1.07 bits per heavy atom. The molecule has 4 rings (SSSR count). The minimum absolute atomic E-state index is 0.0404. The van der Waals surface area contributed by atoms with Crippen molar-refractivity contribution in [2.24, 2.45) is 5.92 Å². The number of hydrogen-bond acceptors (Lipinski definition) is 5. The van der Waals surface area contributed by atoms with Crippen molar-refractivity contribution in [1.29, 1.82) is 0 Å². The molecule has 1 aliphatic heterocycles. The van der Waals surface area contributed by atoms with Crippen molar-refractivity contribution in [2.75, 3.05) is 30.4 Å². The molecule has 2 aromatic carbocycles. The summed E-state index contributed by atoms with van der Waals surface area (Å²) >= 11 is 0. The first-order valence-corrected chi connectivity index (χ1v) is 9.16. The first kappa shape index (κ1) is 17.3. The second-order valence-electron chi connectivity index (χ2n) is 6.69. The van der Waals surface area contributed by atoms with E-state index in [1.54, 1.807) is 7.11 Å².